The van der Waals surface area contributed by atoms with Crippen LogP contribution >= 0.6 is 0 Å². The van der Waals surface area contributed by atoms with Crippen LogP contribution in [0, 0.1) is 12.8 Å². The number of aryl methyl sites for hydroxylation is 1. The largest absolute Gasteiger partial charge is 0.488 e. The lowest BCUT2D eigenvalue weighted by molar-refractivity contribution is -0.126. The fourth-order valence-electron chi connectivity index (χ4n) is 4.04. The van der Waals surface area contributed by atoms with Crippen molar-refractivity contribution in [3.8, 4) is 5.75 Å². The number of likely N-dealkylation sites (tertiary alicyclic amines) is 1. The number of piperidine rings is 1. The average molecular weight is 456 g/mol. The van der Waals surface area contributed by atoms with E-state index in [4.69, 9.17) is 4.74 Å². The molecule has 3 aromatic carbocycles. The number of rotatable bonds is 7. The van der Waals surface area contributed by atoms with E-state index in [9.17, 15) is 9.59 Å². The Kier molecular flexibility index (Phi) is 7.71. The second-order valence-corrected chi connectivity index (χ2v) is 8.43. The van der Waals surface area contributed by atoms with E-state index in [1.807, 2.05) is 90.7 Å². The van der Waals surface area contributed by atoms with Gasteiger partial charge < -0.3 is 9.64 Å². The van der Waals surface area contributed by atoms with Crippen molar-refractivity contribution in [2.75, 3.05) is 13.1 Å². The first-order chi connectivity index (χ1) is 16.6. The summed E-state index contributed by atoms with van der Waals surface area (Å²) in [5, 5.41) is 4.16. The second kappa shape index (κ2) is 11.3. The number of hydrogen-bond acceptors (Lipinski definition) is 4. The first kappa shape index (κ1) is 23.2. The van der Waals surface area contributed by atoms with Crippen molar-refractivity contribution in [2.45, 2.75) is 26.4 Å². The van der Waals surface area contributed by atoms with Gasteiger partial charge in [-0.2, -0.15) is 5.10 Å². The Morgan fingerprint density at radius 1 is 0.971 bits per heavy atom. The molecule has 0 aliphatic carbocycles. The van der Waals surface area contributed by atoms with Gasteiger partial charge in [0.1, 0.15) is 12.4 Å². The van der Waals surface area contributed by atoms with Gasteiger partial charge in [0.2, 0.25) is 5.91 Å². The third-order valence-electron chi connectivity index (χ3n) is 6.06. The molecule has 1 aliphatic heterocycles. The Balaban J connectivity index is 1.28. The lowest BCUT2D eigenvalue weighted by Gasteiger charge is -2.31. The van der Waals surface area contributed by atoms with Crippen LogP contribution in [-0.2, 0) is 11.4 Å². The molecule has 1 fully saturated rings. The van der Waals surface area contributed by atoms with E-state index in [2.05, 4.69) is 10.5 Å². The maximum atomic E-state index is 12.8. The van der Waals surface area contributed by atoms with E-state index in [-0.39, 0.29) is 17.7 Å². The highest BCUT2D eigenvalue weighted by atomic mass is 16.5. The van der Waals surface area contributed by atoms with Crippen molar-refractivity contribution in [3.63, 3.8) is 0 Å². The van der Waals surface area contributed by atoms with Gasteiger partial charge in [0.05, 0.1) is 6.21 Å². The van der Waals surface area contributed by atoms with Crippen LogP contribution in [0.3, 0.4) is 0 Å². The summed E-state index contributed by atoms with van der Waals surface area (Å²) >= 11 is 0. The van der Waals surface area contributed by atoms with E-state index in [1.165, 1.54) is 0 Å². The van der Waals surface area contributed by atoms with Gasteiger partial charge >= 0.3 is 0 Å². The smallest absolute Gasteiger partial charge is 0.254 e. The van der Waals surface area contributed by atoms with E-state index in [0.717, 1.165) is 22.3 Å². The number of carbonyl (C=O) groups excluding carboxylic acids is 2. The minimum absolute atomic E-state index is 0.0297. The lowest BCUT2D eigenvalue weighted by Crippen LogP contribution is -2.42. The van der Waals surface area contributed by atoms with Crippen molar-refractivity contribution in [1.29, 1.82) is 0 Å². The van der Waals surface area contributed by atoms with E-state index < -0.39 is 0 Å². The highest BCUT2D eigenvalue weighted by Gasteiger charge is 2.28. The normalized spacial score (nSPS) is 14.2. The standard InChI is InChI=1S/C28H29N3O3/c1-21-9-5-7-13-25(21)28(33)31-17-15-23(16-18-31)27(32)30-29-19-24-12-6-8-14-26(24)34-20-22-10-3-2-4-11-22/h2-14,19,23H,15-18,20H2,1H3,(H,30,32). The van der Waals surface area contributed by atoms with Crippen molar-refractivity contribution in [1.82, 2.24) is 10.3 Å². The molecule has 34 heavy (non-hydrogen) atoms. The monoisotopic (exact) mass is 455 g/mol. The minimum atomic E-state index is -0.164. The molecule has 6 nitrogen and oxygen atoms in total. The molecular weight excluding hydrogens is 426 g/mol. The first-order valence-corrected chi connectivity index (χ1v) is 11.6. The van der Waals surface area contributed by atoms with Gasteiger partial charge in [-0.15, -0.1) is 0 Å². The molecule has 1 N–H and O–H groups in total. The molecule has 0 atom stereocenters. The van der Waals surface area contributed by atoms with Gasteiger partial charge in [0.25, 0.3) is 5.91 Å². The van der Waals surface area contributed by atoms with E-state index in [0.29, 0.717) is 38.3 Å². The quantitative estimate of drug-likeness (QED) is 0.419. The van der Waals surface area contributed by atoms with Crippen LogP contribution in [0.5, 0.6) is 5.75 Å². The summed E-state index contributed by atoms with van der Waals surface area (Å²) in [7, 11) is 0. The molecule has 1 saturated heterocycles. The molecule has 2 amide bonds. The number of amides is 2. The second-order valence-electron chi connectivity index (χ2n) is 8.43. The zero-order valence-corrected chi connectivity index (χ0v) is 19.3. The third kappa shape index (κ3) is 5.90. The highest BCUT2D eigenvalue weighted by molar-refractivity contribution is 5.95. The number of nitrogens with one attached hydrogen (secondary N) is 1. The molecule has 0 saturated carbocycles. The molecule has 6 heteroatoms. The summed E-state index contributed by atoms with van der Waals surface area (Å²) in [5.41, 5.74) is 6.22. The molecule has 1 heterocycles. The molecule has 0 radical (unpaired) electrons. The Hall–Kier alpha value is -3.93. The molecule has 0 spiro atoms. The molecule has 4 rings (SSSR count). The predicted molar refractivity (Wildman–Crippen MR) is 133 cm³/mol. The van der Waals surface area contributed by atoms with Crippen LogP contribution in [-0.4, -0.2) is 36.0 Å². The minimum Gasteiger partial charge on any atom is -0.488 e. The van der Waals surface area contributed by atoms with Crippen LogP contribution in [0.1, 0.15) is 39.9 Å². The molecule has 3 aromatic rings. The lowest BCUT2D eigenvalue weighted by atomic mass is 9.95. The third-order valence-corrected chi connectivity index (χ3v) is 6.06. The van der Waals surface area contributed by atoms with Crippen LogP contribution in [0.15, 0.2) is 84.0 Å². The maximum absolute atomic E-state index is 12.8. The van der Waals surface area contributed by atoms with Crippen LogP contribution in [0.25, 0.3) is 0 Å². The van der Waals surface area contributed by atoms with Crippen LogP contribution in [0.2, 0.25) is 0 Å². The summed E-state index contributed by atoms with van der Waals surface area (Å²) in [5.74, 6) is 0.444. The number of hydrazone groups is 1. The fourth-order valence-corrected chi connectivity index (χ4v) is 4.04. The van der Waals surface area contributed by atoms with Gasteiger partial charge in [0.15, 0.2) is 0 Å². The number of carbonyl (C=O) groups is 2. The molecular formula is C28H29N3O3. The van der Waals surface area contributed by atoms with Crippen LogP contribution < -0.4 is 10.2 Å². The molecule has 0 aromatic heterocycles. The van der Waals surface area contributed by atoms with Crippen molar-refractivity contribution >= 4 is 18.0 Å². The molecule has 0 unspecified atom stereocenters. The molecule has 174 valence electrons. The first-order valence-electron chi connectivity index (χ1n) is 11.6. The Bertz CT molecular complexity index is 1150. The summed E-state index contributed by atoms with van der Waals surface area (Å²) < 4.78 is 5.93. The van der Waals surface area contributed by atoms with Crippen molar-refractivity contribution in [2.24, 2.45) is 11.0 Å². The van der Waals surface area contributed by atoms with Crippen molar-refractivity contribution in [3.05, 3.63) is 101 Å². The van der Waals surface area contributed by atoms with Gasteiger partial charge in [0, 0.05) is 30.1 Å². The highest BCUT2D eigenvalue weighted by Crippen LogP contribution is 2.21. The maximum Gasteiger partial charge on any atom is 0.254 e. The van der Waals surface area contributed by atoms with Gasteiger partial charge in [-0.25, -0.2) is 5.43 Å². The number of benzene rings is 3. The number of nitrogens with zero attached hydrogens (tertiary/aromatic N) is 2. The summed E-state index contributed by atoms with van der Waals surface area (Å²) in [6.07, 6.45) is 2.85. The number of para-hydroxylation sites is 1. The Morgan fingerprint density at radius 2 is 1.65 bits per heavy atom. The number of hydrogen-bond donors (Lipinski definition) is 1. The Labute approximate surface area is 200 Å². The zero-order valence-electron chi connectivity index (χ0n) is 19.3. The Morgan fingerprint density at radius 3 is 2.41 bits per heavy atom. The number of ether oxygens (including phenoxy) is 1. The summed E-state index contributed by atoms with van der Waals surface area (Å²) in [6.45, 7) is 3.52. The molecule has 1 aliphatic rings. The zero-order chi connectivity index (χ0) is 23.8. The van der Waals surface area contributed by atoms with Gasteiger partial charge in [-0.05, 0) is 49.1 Å². The van der Waals surface area contributed by atoms with Crippen molar-refractivity contribution < 1.29 is 14.3 Å². The SMILES string of the molecule is Cc1ccccc1C(=O)N1CCC(C(=O)NN=Cc2ccccc2OCc2ccccc2)CC1. The van der Waals surface area contributed by atoms with E-state index in [1.54, 1.807) is 6.21 Å². The van der Waals surface area contributed by atoms with Crippen LogP contribution in [0.4, 0.5) is 0 Å². The summed E-state index contributed by atoms with van der Waals surface area (Å²) in [4.78, 5) is 27.2. The summed E-state index contributed by atoms with van der Waals surface area (Å²) in [6, 6.07) is 25.1. The topological polar surface area (TPSA) is 71.0 Å². The molecule has 0 bridgehead atoms. The fraction of sp³-hybridized carbons (Fsp3) is 0.250. The van der Waals surface area contributed by atoms with E-state index >= 15 is 0 Å². The van der Waals surface area contributed by atoms with Gasteiger partial charge in [-0.3, -0.25) is 9.59 Å². The predicted octanol–water partition coefficient (Wildman–Crippen LogP) is 4.58. The average Bonchev–Trinajstić information content (AvgIpc) is 2.88. The van der Waals surface area contributed by atoms with Gasteiger partial charge in [-0.1, -0.05) is 60.7 Å².